The van der Waals surface area contributed by atoms with E-state index >= 15 is 0 Å². The van der Waals surface area contributed by atoms with Crippen molar-refractivity contribution in [2.24, 2.45) is 0 Å². The van der Waals surface area contributed by atoms with Gasteiger partial charge in [0.1, 0.15) is 0 Å². The summed E-state index contributed by atoms with van der Waals surface area (Å²) in [5, 5.41) is 19.7. The van der Waals surface area contributed by atoms with Crippen molar-refractivity contribution in [3.8, 4) is 33.6 Å². The van der Waals surface area contributed by atoms with Crippen LogP contribution in [0.4, 0.5) is 0 Å². The molecule has 0 unspecified atom stereocenters. The first kappa shape index (κ1) is 18.4. The summed E-state index contributed by atoms with van der Waals surface area (Å²) in [5.41, 5.74) is 5.83. The third-order valence-electron chi connectivity index (χ3n) is 4.53. The first-order chi connectivity index (χ1) is 13.6. The van der Waals surface area contributed by atoms with Crippen molar-refractivity contribution < 1.29 is 10.0 Å². The molecule has 0 radical (unpaired) electrons. The van der Waals surface area contributed by atoms with Gasteiger partial charge in [-0.05, 0) is 40.9 Å². The molecule has 4 rings (SSSR count). The predicted molar refractivity (Wildman–Crippen MR) is 115 cm³/mol. The van der Waals surface area contributed by atoms with E-state index < -0.39 is 7.12 Å². The highest BCUT2D eigenvalue weighted by Crippen LogP contribution is 2.30. The normalized spacial score (nSPS) is 10.7. The van der Waals surface area contributed by atoms with E-state index in [1.807, 2.05) is 78.9 Å². The van der Waals surface area contributed by atoms with Crippen molar-refractivity contribution in [2.75, 3.05) is 0 Å². The molecule has 0 spiro atoms. The van der Waals surface area contributed by atoms with Crippen LogP contribution in [0.25, 0.3) is 33.6 Å². The van der Waals surface area contributed by atoms with Crippen molar-refractivity contribution in [3.63, 3.8) is 0 Å². The van der Waals surface area contributed by atoms with Crippen LogP contribution < -0.4 is 5.46 Å². The van der Waals surface area contributed by atoms with Crippen LogP contribution in [0.2, 0.25) is 5.02 Å². The maximum absolute atomic E-state index is 9.52. The smallest absolute Gasteiger partial charge is 0.423 e. The lowest BCUT2D eigenvalue weighted by atomic mass is 9.79. The monoisotopic (exact) mass is 385 g/mol. The van der Waals surface area contributed by atoms with Crippen LogP contribution in [-0.2, 0) is 0 Å². The minimum Gasteiger partial charge on any atom is -0.423 e. The Labute approximate surface area is 169 Å². The lowest BCUT2D eigenvalue weighted by molar-refractivity contribution is 0.426. The summed E-state index contributed by atoms with van der Waals surface area (Å²) in [6, 6.07) is 28.8. The minimum absolute atomic E-state index is 0.444. The van der Waals surface area contributed by atoms with E-state index in [2.05, 4.69) is 0 Å². The highest BCUT2D eigenvalue weighted by Gasteiger charge is 2.13. The molecule has 1 aromatic heterocycles. The number of hydrogen-bond donors (Lipinski definition) is 2. The molecule has 3 nitrogen and oxygen atoms in total. The maximum Gasteiger partial charge on any atom is 0.488 e. The fourth-order valence-electron chi connectivity index (χ4n) is 3.13. The maximum atomic E-state index is 9.52. The van der Waals surface area contributed by atoms with Crippen molar-refractivity contribution in [2.45, 2.75) is 0 Å². The Morgan fingerprint density at radius 2 is 1.25 bits per heavy atom. The fraction of sp³-hybridized carbons (Fsp3) is 0. The van der Waals surface area contributed by atoms with Gasteiger partial charge in [-0.15, -0.1) is 0 Å². The van der Waals surface area contributed by atoms with Crippen LogP contribution in [-0.4, -0.2) is 22.2 Å². The largest absolute Gasteiger partial charge is 0.488 e. The lowest BCUT2D eigenvalue weighted by Crippen LogP contribution is -2.29. The zero-order chi connectivity index (χ0) is 19.5. The molecular weight excluding hydrogens is 369 g/mol. The second-order valence-corrected chi connectivity index (χ2v) is 6.94. The standard InChI is InChI=1S/C23H17BClNO2/c25-21-11-5-9-18(13-21)23-15-19(17-8-4-10-20(12-17)24(27)28)14-22(26-23)16-6-2-1-3-7-16/h1-15,27-28H. The van der Waals surface area contributed by atoms with E-state index in [1.54, 1.807) is 12.1 Å². The summed E-state index contributed by atoms with van der Waals surface area (Å²) in [7, 11) is -1.51. The van der Waals surface area contributed by atoms with Crippen LogP contribution in [0.5, 0.6) is 0 Å². The molecule has 0 atom stereocenters. The number of hydrogen-bond acceptors (Lipinski definition) is 3. The van der Waals surface area contributed by atoms with Gasteiger partial charge in [-0.2, -0.15) is 0 Å². The average molecular weight is 386 g/mol. The lowest BCUT2D eigenvalue weighted by Gasteiger charge is -2.11. The van der Waals surface area contributed by atoms with Crippen LogP contribution in [0.15, 0.2) is 91.0 Å². The summed E-state index contributed by atoms with van der Waals surface area (Å²) >= 11 is 6.18. The third kappa shape index (κ3) is 4.00. The summed E-state index contributed by atoms with van der Waals surface area (Å²) in [6.45, 7) is 0. The summed E-state index contributed by atoms with van der Waals surface area (Å²) < 4.78 is 0. The first-order valence-corrected chi connectivity index (χ1v) is 9.28. The van der Waals surface area contributed by atoms with Gasteiger partial charge in [-0.25, -0.2) is 4.98 Å². The van der Waals surface area contributed by atoms with E-state index in [4.69, 9.17) is 16.6 Å². The van der Waals surface area contributed by atoms with E-state index in [9.17, 15) is 10.0 Å². The van der Waals surface area contributed by atoms with Gasteiger partial charge in [0.2, 0.25) is 0 Å². The van der Waals surface area contributed by atoms with Crippen molar-refractivity contribution in [3.05, 3.63) is 96.0 Å². The van der Waals surface area contributed by atoms with Gasteiger partial charge in [0.15, 0.2) is 0 Å². The SMILES string of the molecule is OB(O)c1cccc(-c2cc(-c3ccccc3)nc(-c3cccc(Cl)c3)c2)c1. The highest BCUT2D eigenvalue weighted by atomic mass is 35.5. The number of pyridine rings is 1. The Kier molecular flexibility index (Phi) is 5.26. The zero-order valence-corrected chi connectivity index (χ0v) is 15.7. The Morgan fingerprint density at radius 1 is 0.607 bits per heavy atom. The van der Waals surface area contributed by atoms with E-state index in [1.165, 1.54) is 0 Å². The van der Waals surface area contributed by atoms with E-state index in [0.29, 0.717) is 10.5 Å². The summed E-state index contributed by atoms with van der Waals surface area (Å²) in [6.07, 6.45) is 0. The quantitative estimate of drug-likeness (QED) is 0.511. The molecule has 0 saturated carbocycles. The van der Waals surface area contributed by atoms with Gasteiger partial charge in [-0.3, -0.25) is 0 Å². The third-order valence-corrected chi connectivity index (χ3v) is 4.77. The second kappa shape index (κ2) is 7.99. The molecule has 0 aliphatic heterocycles. The molecule has 0 fully saturated rings. The molecule has 0 bridgehead atoms. The second-order valence-electron chi connectivity index (χ2n) is 6.50. The molecule has 28 heavy (non-hydrogen) atoms. The molecule has 4 aromatic rings. The molecule has 0 aliphatic rings. The minimum atomic E-state index is -1.51. The van der Waals surface area contributed by atoms with Crippen LogP contribution in [0, 0.1) is 0 Å². The zero-order valence-electron chi connectivity index (χ0n) is 15.0. The van der Waals surface area contributed by atoms with Crippen molar-refractivity contribution in [1.82, 2.24) is 4.98 Å². The Balaban J connectivity index is 1.91. The van der Waals surface area contributed by atoms with Gasteiger partial charge in [0.05, 0.1) is 11.4 Å². The molecule has 0 saturated heterocycles. The Bertz CT molecular complexity index is 1120. The van der Waals surface area contributed by atoms with Gasteiger partial charge in [0.25, 0.3) is 0 Å². The van der Waals surface area contributed by atoms with Gasteiger partial charge < -0.3 is 10.0 Å². The van der Waals surface area contributed by atoms with Gasteiger partial charge >= 0.3 is 7.12 Å². The van der Waals surface area contributed by atoms with E-state index in [0.717, 1.165) is 33.6 Å². The molecule has 5 heteroatoms. The summed E-state index contributed by atoms with van der Waals surface area (Å²) in [4.78, 5) is 4.84. The van der Waals surface area contributed by atoms with Crippen LogP contribution >= 0.6 is 11.6 Å². The summed E-state index contributed by atoms with van der Waals surface area (Å²) in [5.74, 6) is 0. The van der Waals surface area contributed by atoms with Crippen LogP contribution in [0.1, 0.15) is 0 Å². The molecule has 1 heterocycles. The number of halogens is 1. The topological polar surface area (TPSA) is 53.4 Å². The Hall–Kier alpha value is -2.92. The van der Waals surface area contributed by atoms with Crippen LogP contribution in [0.3, 0.4) is 0 Å². The first-order valence-electron chi connectivity index (χ1n) is 8.90. The van der Waals surface area contributed by atoms with Gasteiger partial charge in [-0.1, -0.05) is 78.3 Å². The fourth-order valence-corrected chi connectivity index (χ4v) is 3.32. The number of benzene rings is 3. The molecular formula is C23H17BClNO2. The van der Waals surface area contributed by atoms with Gasteiger partial charge in [0, 0.05) is 16.1 Å². The predicted octanol–water partition coefficient (Wildman–Crippen LogP) is 4.42. The molecule has 0 aliphatic carbocycles. The molecule has 0 amide bonds. The van der Waals surface area contributed by atoms with Crippen molar-refractivity contribution >= 4 is 24.2 Å². The van der Waals surface area contributed by atoms with Crippen molar-refractivity contribution in [1.29, 1.82) is 0 Å². The number of rotatable bonds is 4. The number of aromatic nitrogens is 1. The Morgan fingerprint density at radius 3 is 1.96 bits per heavy atom. The average Bonchev–Trinajstić information content (AvgIpc) is 2.74. The molecule has 2 N–H and O–H groups in total. The molecule has 3 aromatic carbocycles. The number of nitrogens with zero attached hydrogens (tertiary/aromatic N) is 1. The molecule has 136 valence electrons. The van der Waals surface area contributed by atoms with E-state index in [-0.39, 0.29) is 0 Å². The highest BCUT2D eigenvalue weighted by molar-refractivity contribution is 6.58.